The number of amides is 3. The molecule has 0 aliphatic rings. The van der Waals surface area contributed by atoms with Gasteiger partial charge in [0, 0.05) is 78.0 Å². The Morgan fingerprint density at radius 1 is 0.247 bits per heavy atom. The average molecular weight is 1150 g/mol. The highest BCUT2D eigenvalue weighted by atomic mass is 16.5. The van der Waals surface area contributed by atoms with Gasteiger partial charge in [0.15, 0.2) is 0 Å². The van der Waals surface area contributed by atoms with Crippen molar-refractivity contribution in [3.8, 4) is 0 Å². The lowest BCUT2D eigenvalue weighted by molar-refractivity contribution is -0.127. The van der Waals surface area contributed by atoms with Crippen LogP contribution in [0.5, 0.6) is 0 Å². The van der Waals surface area contributed by atoms with Gasteiger partial charge in [-0.3, -0.25) is 14.4 Å². The van der Waals surface area contributed by atoms with Gasteiger partial charge in [0.05, 0.1) is 0 Å². The van der Waals surface area contributed by atoms with Crippen LogP contribution < -0.4 is 16.0 Å². The van der Waals surface area contributed by atoms with Crippen molar-refractivity contribution in [2.75, 3.05) is 59.3 Å². The molecule has 9 nitrogen and oxygen atoms in total. The number of unbranched alkanes of at least 4 members (excludes halogenated alkanes) is 45. The van der Waals surface area contributed by atoms with E-state index in [1.165, 1.54) is 289 Å². The summed E-state index contributed by atoms with van der Waals surface area (Å²) in [7, 11) is 0. The van der Waals surface area contributed by atoms with Crippen LogP contribution in [-0.4, -0.2) is 77.0 Å². The lowest BCUT2D eigenvalue weighted by Crippen LogP contribution is -2.33. The van der Waals surface area contributed by atoms with E-state index in [2.05, 4.69) is 36.7 Å². The minimum absolute atomic E-state index is 0.0169. The number of ether oxygens (including phenoxy) is 3. The van der Waals surface area contributed by atoms with Crippen LogP contribution in [0.1, 0.15) is 380 Å². The van der Waals surface area contributed by atoms with Crippen LogP contribution in [0.3, 0.4) is 0 Å². The van der Waals surface area contributed by atoms with Gasteiger partial charge in [-0.1, -0.05) is 310 Å². The van der Waals surface area contributed by atoms with Crippen molar-refractivity contribution in [3.05, 3.63) is 0 Å². The Morgan fingerprint density at radius 3 is 0.741 bits per heavy atom. The zero-order chi connectivity index (χ0) is 58.5. The highest BCUT2D eigenvalue weighted by Crippen LogP contribution is 2.19. The molecule has 1 atom stereocenters. The van der Waals surface area contributed by atoms with E-state index >= 15 is 0 Å². The van der Waals surface area contributed by atoms with Crippen LogP contribution in [0.25, 0.3) is 0 Å². The minimum atomic E-state index is -0.310. The first kappa shape index (κ1) is 79.3. The number of carbonyl (C=O) groups excluding carboxylic acids is 3. The first-order valence-corrected chi connectivity index (χ1v) is 36.6. The van der Waals surface area contributed by atoms with Crippen LogP contribution in [0.2, 0.25) is 0 Å². The summed E-state index contributed by atoms with van der Waals surface area (Å²) in [5.74, 6) is -0.341. The topological polar surface area (TPSA) is 115 Å². The summed E-state index contributed by atoms with van der Waals surface area (Å²) in [6.07, 6.45) is 70.2. The Balaban J connectivity index is 4.26. The summed E-state index contributed by atoms with van der Waals surface area (Å²) in [6, 6.07) is 0. The molecule has 0 radical (unpaired) electrons. The van der Waals surface area contributed by atoms with Gasteiger partial charge in [0.1, 0.15) is 0 Å². The third-order valence-electron chi connectivity index (χ3n) is 16.8. The summed E-state index contributed by atoms with van der Waals surface area (Å²) < 4.78 is 17.7. The van der Waals surface area contributed by atoms with Gasteiger partial charge in [-0.2, -0.15) is 0 Å². The van der Waals surface area contributed by atoms with Crippen molar-refractivity contribution in [2.45, 2.75) is 380 Å². The summed E-state index contributed by atoms with van der Waals surface area (Å²) in [5, 5.41) is 9.22. The molecule has 0 bridgehead atoms. The van der Waals surface area contributed by atoms with E-state index in [1.807, 2.05) is 0 Å². The van der Waals surface area contributed by atoms with Crippen LogP contribution in [0, 0.1) is 5.92 Å². The Kier molecular flexibility index (Phi) is 69.3. The van der Waals surface area contributed by atoms with E-state index in [0.717, 1.165) is 58.3 Å². The third-order valence-corrected chi connectivity index (χ3v) is 16.8. The maximum absolute atomic E-state index is 13.4. The summed E-state index contributed by atoms with van der Waals surface area (Å²) >= 11 is 0. The van der Waals surface area contributed by atoms with Crippen molar-refractivity contribution in [2.24, 2.45) is 5.92 Å². The van der Waals surface area contributed by atoms with Gasteiger partial charge in [-0.05, 0) is 57.8 Å². The lowest BCUT2D eigenvalue weighted by atomic mass is 9.95. The smallest absolute Gasteiger partial charge is 0.223 e. The van der Waals surface area contributed by atoms with E-state index < -0.39 is 0 Å². The second kappa shape index (κ2) is 70.8. The van der Waals surface area contributed by atoms with E-state index in [4.69, 9.17) is 14.2 Å². The molecule has 0 aliphatic carbocycles. The summed E-state index contributed by atoms with van der Waals surface area (Å²) in [6.45, 7) is 12.9. The Labute approximate surface area is 505 Å². The first-order valence-electron chi connectivity index (χ1n) is 36.6. The van der Waals surface area contributed by atoms with Gasteiger partial charge in [-0.25, -0.2) is 0 Å². The van der Waals surface area contributed by atoms with Gasteiger partial charge < -0.3 is 30.2 Å². The molecule has 0 heterocycles. The quantitative estimate of drug-likeness (QED) is 0.0523. The van der Waals surface area contributed by atoms with E-state index in [0.29, 0.717) is 71.6 Å². The fourth-order valence-corrected chi connectivity index (χ4v) is 11.3. The molecule has 482 valence electrons. The van der Waals surface area contributed by atoms with Gasteiger partial charge in [0.2, 0.25) is 17.7 Å². The van der Waals surface area contributed by atoms with Crippen molar-refractivity contribution in [1.82, 2.24) is 16.0 Å². The fraction of sp³-hybridized carbons (Fsp3) is 0.958. The van der Waals surface area contributed by atoms with Crippen LogP contribution in [0.15, 0.2) is 0 Å². The molecule has 9 heteroatoms. The molecular formula is C72H143N3O6. The third kappa shape index (κ3) is 67.3. The summed E-state index contributed by atoms with van der Waals surface area (Å²) in [4.78, 5) is 39.1. The predicted molar refractivity (Wildman–Crippen MR) is 351 cm³/mol. The van der Waals surface area contributed by atoms with Crippen LogP contribution in [0.4, 0.5) is 0 Å². The molecule has 0 rings (SSSR count). The Hall–Kier alpha value is -1.71. The largest absolute Gasteiger partial charge is 0.381 e. The van der Waals surface area contributed by atoms with Crippen molar-refractivity contribution < 1.29 is 28.6 Å². The van der Waals surface area contributed by atoms with Crippen molar-refractivity contribution in [3.63, 3.8) is 0 Å². The maximum atomic E-state index is 13.4. The highest BCUT2D eigenvalue weighted by molar-refractivity contribution is 5.81. The molecule has 0 fully saturated rings. The van der Waals surface area contributed by atoms with Crippen LogP contribution in [-0.2, 0) is 28.6 Å². The zero-order valence-electron chi connectivity index (χ0n) is 55.0. The molecule has 0 saturated heterocycles. The number of hydrogen-bond acceptors (Lipinski definition) is 6. The SMILES string of the molecule is CCCCCCCCCCCCCCCCCCOCCCNC(=O)CCCC(CCC(=O)NCCCOCCCCCCCCCCCCCCCCCC)C(=O)NCCCOCCCCCCCCCCCCCCCCCC. The standard InChI is InChI=1S/C72H143N3O6/c1-4-7-10-13-16-19-22-25-28-31-34-37-40-43-46-49-63-79-66-53-60-73-70(76)57-52-56-69(72(78)75-62-55-68-81-65-51-48-45-42-39-36-33-30-27-24-21-18-15-12-9-6-3)58-59-71(77)74-61-54-67-80-64-50-47-44-41-38-35-32-29-26-23-20-17-14-11-8-5-2/h69H,4-68H2,1-3H3,(H,73,76)(H,74,77)(H,75,78). The molecule has 0 saturated carbocycles. The second-order valence-corrected chi connectivity index (χ2v) is 24.9. The summed E-state index contributed by atoms with van der Waals surface area (Å²) in [5.41, 5.74) is 0. The van der Waals surface area contributed by atoms with E-state index in [-0.39, 0.29) is 23.6 Å². The molecule has 0 aromatic carbocycles. The average Bonchev–Trinajstić information content (AvgIpc) is 3.47. The second-order valence-electron chi connectivity index (χ2n) is 24.9. The normalized spacial score (nSPS) is 11.9. The van der Waals surface area contributed by atoms with Gasteiger partial charge in [-0.15, -0.1) is 0 Å². The number of nitrogens with one attached hydrogen (secondary N) is 3. The molecule has 0 aliphatic heterocycles. The molecule has 3 amide bonds. The number of hydrogen-bond donors (Lipinski definition) is 3. The molecule has 3 N–H and O–H groups in total. The fourth-order valence-electron chi connectivity index (χ4n) is 11.3. The molecular weight excluding hydrogens is 1000 g/mol. The van der Waals surface area contributed by atoms with Crippen molar-refractivity contribution >= 4 is 17.7 Å². The molecule has 0 spiro atoms. The monoisotopic (exact) mass is 1150 g/mol. The molecule has 0 aromatic heterocycles. The predicted octanol–water partition coefficient (Wildman–Crippen LogP) is 20.9. The Morgan fingerprint density at radius 2 is 0.469 bits per heavy atom. The number of rotatable bonds is 71. The van der Waals surface area contributed by atoms with E-state index in [1.54, 1.807) is 0 Å². The van der Waals surface area contributed by atoms with Gasteiger partial charge >= 0.3 is 0 Å². The van der Waals surface area contributed by atoms with Gasteiger partial charge in [0.25, 0.3) is 0 Å². The van der Waals surface area contributed by atoms with Crippen LogP contribution >= 0.6 is 0 Å². The number of carbonyl (C=O) groups is 3. The van der Waals surface area contributed by atoms with Crippen molar-refractivity contribution in [1.29, 1.82) is 0 Å². The molecule has 1 unspecified atom stereocenters. The minimum Gasteiger partial charge on any atom is -0.381 e. The highest BCUT2D eigenvalue weighted by Gasteiger charge is 2.20. The zero-order valence-corrected chi connectivity index (χ0v) is 55.0. The first-order chi connectivity index (χ1) is 40.0. The molecule has 81 heavy (non-hydrogen) atoms. The maximum Gasteiger partial charge on any atom is 0.223 e. The van der Waals surface area contributed by atoms with E-state index in [9.17, 15) is 14.4 Å². The Bertz CT molecular complexity index is 1240. The molecule has 0 aromatic rings. The lowest BCUT2D eigenvalue weighted by Gasteiger charge is -2.17.